The van der Waals surface area contributed by atoms with Gasteiger partial charge in [-0.25, -0.2) is 14.8 Å². The smallest absolute Gasteiger partial charge is 0.374 e. The van der Waals surface area contributed by atoms with Gasteiger partial charge in [-0.1, -0.05) is 29.3 Å². The Bertz CT molecular complexity index is 815. The van der Waals surface area contributed by atoms with E-state index in [1.165, 1.54) is 0 Å². The molecule has 0 amide bonds. The molecule has 10 heteroatoms. The Morgan fingerprint density at radius 3 is 2.44 bits per heavy atom. The lowest BCUT2D eigenvalue weighted by Crippen LogP contribution is -2.18. The van der Waals surface area contributed by atoms with E-state index in [9.17, 15) is 9.59 Å². The number of benzene rings is 1. The minimum Gasteiger partial charge on any atom is -0.480 e. The van der Waals surface area contributed by atoms with Gasteiger partial charge >= 0.3 is 11.9 Å². The number of halogens is 3. The molecule has 7 nitrogen and oxygen atoms in total. The Labute approximate surface area is 159 Å². The molecule has 134 valence electrons. The Morgan fingerprint density at radius 2 is 1.88 bits per heavy atom. The van der Waals surface area contributed by atoms with Crippen LogP contribution in [0.25, 0.3) is 0 Å². The van der Waals surface area contributed by atoms with Crippen LogP contribution in [-0.2, 0) is 11.2 Å². The summed E-state index contributed by atoms with van der Waals surface area (Å²) >= 11 is 12.0. The van der Waals surface area contributed by atoms with Crippen LogP contribution in [0.5, 0.6) is 0 Å². The quantitative estimate of drug-likeness (QED) is 0.674. The van der Waals surface area contributed by atoms with Crippen LogP contribution in [0.15, 0.2) is 18.2 Å². The second-order valence-electron chi connectivity index (χ2n) is 4.92. The topological polar surface area (TPSA) is 112 Å². The number of hydrogen-bond donors (Lipinski definition) is 3. The number of aryl methyl sites for hydroxylation is 1. The molecule has 0 atom stereocenters. The van der Waals surface area contributed by atoms with E-state index in [4.69, 9.17) is 33.4 Å². The van der Waals surface area contributed by atoms with Crippen molar-refractivity contribution in [1.82, 2.24) is 9.97 Å². The fraction of sp³-hybridized carbons (Fsp3) is 0.200. The fourth-order valence-electron chi connectivity index (χ4n) is 2.06. The first kappa shape index (κ1) is 21.0. The first-order chi connectivity index (χ1) is 11.3. The molecule has 0 saturated carbocycles. The van der Waals surface area contributed by atoms with Gasteiger partial charge in [-0.15, -0.1) is 12.4 Å². The number of aromatic carboxylic acids is 1. The highest BCUT2D eigenvalue weighted by atomic mass is 35.5. The van der Waals surface area contributed by atoms with E-state index in [1.54, 1.807) is 25.1 Å². The Morgan fingerprint density at radius 1 is 1.20 bits per heavy atom. The van der Waals surface area contributed by atoms with Gasteiger partial charge in [0.2, 0.25) is 5.82 Å². The van der Waals surface area contributed by atoms with Crippen LogP contribution in [0.2, 0.25) is 10.0 Å². The SMILES string of the molecule is Cc1nc(C(=O)O)nc(NCC(=O)O)c1Cc1ccc(Cl)cc1Cl.Cl. The van der Waals surface area contributed by atoms with Crippen molar-refractivity contribution in [3.63, 3.8) is 0 Å². The molecular formula is C15H14Cl3N3O4. The highest BCUT2D eigenvalue weighted by Gasteiger charge is 2.17. The molecular weight excluding hydrogens is 393 g/mol. The van der Waals surface area contributed by atoms with E-state index < -0.39 is 24.3 Å². The average Bonchev–Trinajstić information content (AvgIpc) is 2.49. The zero-order valence-electron chi connectivity index (χ0n) is 12.9. The van der Waals surface area contributed by atoms with Gasteiger partial charge < -0.3 is 15.5 Å². The van der Waals surface area contributed by atoms with Crippen molar-refractivity contribution < 1.29 is 19.8 Å². The summed E-state index contributed by atoms with van der Waals surface area (Å²) in [7, 11) is 0. The molecule has 0 spiro atoms. The van der Waals surface area contributed by atoms with Gasteiger partial charge in [0, 0.05) is 27.7 Å². The molecule has 0 bridgehead atoms. The number of carbonyl (C=O) groups is 2. The predicted octanol–water partition coefficient (Wildman–Crippen LogP) is 3.30. The predicted molar refractivity (Wildman–Crippen MR) is 96.4 cm³/mol. The van der Waals surface area contributed by atoms with Gasteiger partial charge in [0.15, 0.2) is 0 Å². The van der Waals surface area contributed by atoms with E-state index in [0.717, 1.165) is 5.56 Å². The van der Waals surface area contributed by atoms with Crippen molar-refractivity contribution in [2.45, 2.75) is 13.3 Å². The number of carboxylic acids is 2. The second-order valence-corrected chi connectivity index (χ2v) is 5.77. The molecule has 0 aliphatic rings. The first-order valence-electron chi connectivity index (χ1n) is 6.78. The normalized spacial score (nSPS) is 10.0. The summed E-state index contributed by atoms with van der Waals surface area (Å²) < 4.78 is 0. The summed E-state index contributed by atoms with van der Waals surface area (Å²) in [4.78, 5) is 29.7. The molecule has 25 heavy (non-hydrogen) atoms. The van der Waals surface area contributed by atoms with Crippen LogP contribution in [0.1, 0.15) is 27.4 Å². The van der Waals surface area contributed by atoms with E-state index >= 15 is 0 Å². The third-order valence-corrected chi connectivity index (χ3v) is 3.78. The maximum atomic E-state index is 11.1. The van der Waals surface area contributed by atoms with Crippen LogP contribution in [0, 0.1) is 6.92 Å². The van der Waals surface area contributed by atoms with Crippen LogP contribution in [0.3, 0.4) is 0 Å². The van der Waals surface area contributed by atoms with Crippen molar-refractivity contribution in [2.75, 3.05) is 11.9 Å². The number of hydrogen-bond acceptors (Lipinski definition) is 5. The highest BCUT2D eigenvalue weighted by Crippen LogP contribution is 2.27. The molecule has 0 unspecified atom stereocenters. The number of nitrogens with one attached hydrogen (secondary N) is 1. The third-order valence-electron chi connectivity index (χ3n) is 3.19. The molecule has 0 radical (unpaired) electrons. The van der Waals surface area contributed by atoms with Gasteiger partial charge in [0.25, 0.3) is 0 Å². The molecule has 2 rings (SSSR count). The molecule has 1 aromatic heterocycles. The zero-order valence-corrected chi connectivity index (χ0v) is 15.2. The number of aromatic nitrogens is 2. The standard InChI is InChI=1S/C15H13Cl2N3O4.ClH/c1-7-10(4-8-2-3-9(16)5-11(8)17)13(18-6-12(21)22)20-14(19-7)15(23)24;/h2-3,5H,4,6H2,1H3,(H,21,22)(H,23,24)(H,18,19,20);1H. The summed E-state index contributed by atoms with van der Waals surface area (Å²) in [6.45, 7) is 1.22. The summed E-state index contributed by atoms with van der Waals surface area (Å²) in [6.07, 6.45) is 0.295. The van der Waals surface area contributed by atoms with Crippen molar-refractivity contribution in [3.8, 4) is 0 Å². The number of nitrogens with zero attached hydrogens (tertiary/aromatic N) is 2. The summed E-state index contributed by atoms with van der Waals surface area (Å²) in [6, 6.07) is 5.00. The molecule has 1 aromatic carbocycles. The first-order valence-corrected chi connectivity index (χ1v) is 7.54. The highest BCUT2D eigenvalue weighted by molar-refractivity contribution is 6.35. The van der Waals surface area contributed by atoms with E-state index in [1.807, 2.05) is 0 Å². The van der Waals surface area contributed by atoms with Gasteiger partial charge in [0.1, 0.15) is 12.4 Å². The number of aliphatic carboxylic acids is 1. The minimum atomic E-state index is -1.30. The minimum absolute atomic E-state index is 0. The molecule has 0 aliphatic carbocycles. The Balaban J connectivity index is 0.00000312. The maximum Gasteiger partial charge on any atom is 0.374 e. The number of rotatable bonds is 6. The third kappa shape index (κ3) is 5.45. The van der Waals surface area contributed by atoms with Crippen molar-refractivity contribution >= 4 is 53.4 Å². The molecule has 1 heterocycles. The van der Waals surface area contributed by atoms with Crippen molar-refractivity contribution in [3.05, 3.63) is 50.9 Å². The monoisotopic (exact) mass is 405 g/mol. The Kier molecular flexibility index (Phi) is 7.41. The molecule has 0 fully saturated rings. The van der Waals surface area contributed by atoms with Gasteiger partial charge in [-0.05, 0) is 24.6 Å². The van der Waals surface area contributed by atoms with Crippen LogP contribution in [-0.4, -0.2) is 38.7 Å². The van der Waals surface area contributed by atoms with Crippen LogP contribution < -0.4 is 5.32 Å². The molecule has 3 N–H and O–H groups in total. The lowest BCUT2D eigenvalue weighted by Gasteiger charge is -2.14. The Hall–Kier alpha value is -2.09. The van der Waals surface area contributed by atoms with E-state index in [2.05, 4.69) is 15.3 Å². The maximum absolute atomic E-state index is 11.1. The number of anilines is 1. The van der Waals surface area contributed by atoms with Crippen molar-refractivity contribution in [1.29, 1.82) is 0 Å². The average molecular weight is 407 g/mol. The summed E-state index contributed by atoms with van der Waals surface area (Å²) in [5.74, 6) is -2.66. The lowest BCUT2D eigenvalue weighted by molar-refractivity contribution is -0.134. The molecule has 0 aliphatic heterocycles. The van der Waals surface area contributed by atoms with Gasteiger partial charge in [-0.3, -0.25) is 4.79 Å². The molecule has 0 saturated heterocycles. The summed E-state index contributed by atoms with van der Waals surface area (Å²) in [5, 5.41) is 21.4. The van der Waals surface area contributed by atoms with Crippen LogP contribution >= 0.6 is 35.6 Å². The van der Waals surface area contributed by atoms with Gasteiger partial charge in [0.05, 0.1) is 0 Å². The van der Waals surface area contributed by atoms with Crippen LogP contribution in [0.4, 0.5) is 5.82 Å². The van der Waals surface area contributed by atoms with Gasteiger partial charge in [-0.2, -0.15) is 0 Å². The summed E-state index contributed by atoms with van der Waals surface area (Å²) in [5.41, 5.74) is 1.71. The number of carboxylic acid groups (broad SMARTS) is 2. The van der Waals surface area contributed by atoms with Crippen molar-refractivity contribution in [2.24, 2.45) is 0 Å². The van der Waals surface area contributed by atoms with E-state index in [0.29, 0.717) is 27.7 Å². The zero-order chi connectivity index (χ0) is 17.9. The fourth-order valence-corrected chi connectivity index (χ4v) is 2.54. The largest absolute Gasteiger partial charge is 0.480 e. The second kappa shape index (κ2) is 8.84. The van der Waals surface area contributed by atoms with E-state index in [-0.39, 0.29) is 18.2 Å². The lowest BCUT2D eigenvalue weighted by atomic mass is 10.0. The molecule has 2 aromatic rings.